The third-order valence-electron chi connectivity index (χ3n) is 3.88. The van der Waals surface area contributed by atoms with E-state index in [1.54, 1.807) is 31.5 Å². The Labute approximate surface area is 138 Å². The van der Waals surface area contributed by atoms with Gasteiger partial charge in [-0.25, -0.2) is 9.78 Å². The first kappa shape index (κ1) is 16.1. The molecule has 24 heavy (non-hydrogen) atoms. The predicted molar refractivity (Wildman–Crippen MR) is 87.3 cm³/mol. The number of ether oxygens (including phenoxy) is 1. The molecule has 0 saturated carbocycles. The monoisotopic (exact) mass is 329 g/mol. The highest BCUT2D eigenvalue weighted by Crippen LogP contribution is 2.19. The zero-order valence-corrected chi connectivity index (χ0v) is 13.4. The molecule has 1 atom stereocenters. The van der Waals surface area contributed by atoms with E-state index in [4.69, 9.17) is 10.5 Å². The molecule has 2 aromatic rings. The maximum absolute atomic E-state index is 12.5. The molecule has 1 aliphatic rings. The Morgan fingerprint density at radius 3 is 2.83 bits per heavy atom. The van der Waals surface area contributed by atoms with Gasteiger partial charge < -0.3 is 15.4 Å². The quantitative estimate of drug-likeness (QED) is 0.873. The number of rotatable bonds is 2. The average Bonchev–Trinajstić information content (AvgIpc) is 2.76. The Kier molecular flexibility index (Phi) is 4.57. The molecule has 0 radical (unpaired) electrons. The summed E-state index contributed by atoms with van der Waals surface area (Å²) in [6.45, 7) is 2.99. The lowest BCUT2D eigenvalue weighted by atomic mass is 10.2. The molecule has 0 bridgehead atoms. The van der Waals surface area contributed by atoms with E-state index in [0.717, 1.165) is 5.56 Å². The first-order valence-corrected chi connectivity index (χ1v) is 7.79. The zero-order valence-electron chi connectivity index (χ0n) is 13.4. The van der Waals surface area contributed by atoms with Gasteiger partial charge in [0.2, 0.25) is 0 Å². The minimum absolute atomic E-state index is 0.187. The molecule has 1 amide bonds. The van der Waals surface area contributed by atoms with Crippen LogP contribution in [-0.4, -0.2) is 45.2 Å². The SMILES string of the molecule is CCOC(=O)N1CCn2c(nc(-c3ccncc3)cc2=O)C(N)C1. The lowest BCUT2D eigenvalue weighted by Crippen LogP contribution is -2.37. The summed E-state index contributed by atoms with van der Waals surface area (Å²) in [5.41, 5.74) is 7.36. The first-order valence-electron chi connectivity index (χ1n) is 7.79. The summed E-state index contributed by atoms with van der Waals surface area (Å²) in [5.74, 6) is 0.473. The van der Waals surface area contributed by atoms with Gasteiger partial charge >= 0.3 is 6.09 Å². The molecule has 0 aliphatic carbocycles. The number of fused-ring (bicyclic) bond motifs is 1. The Balaban J connectivity index is 1.96. The smallest absolute Gasteiger partial charge is 0.409 e. The highest BCUT2D eigenvalue weighted by molar-refractivity contribution is 5.67. The number of nitrogens with two attached hydrogens (primary N) is 1. The van der Waals surface area contributed by atoms with Crippen molar-refractivity contribution in [1.82, 2.24) is 19.4 Å². The Bertz CT molecular complexity index is 790. The number of hydrogen-bond acceptors (Lipinski definition) is 6. The zero-order chi connectivity index (χ0) is 17.1. The van der Waals surface area contributed by atoms with Crippen LogP contribution < -0.4 is 11.3 Å². The van der Waals surface area contributed by atoms with Gasteiger partial charge in [0.25, 0.3) is 5.56 Å². The van der Waals surface area contributed by atoms with Crippen molar-refractivity contribution in [3.05, 3.63) is 46.8 Å². The third kappa shape index (κ3) is 3.13. The Morgan fingerprint density at radius 2 is 2.12 bits per heavy atom. The number of aromatic nitrogens is 3. The van der Waals surface area contributed by atoms with Gasteiger partial charge in [0.05, 0.1) is 18.3 Å². The van der Waals surface area contributed by atoms with Crippen molar-refractivity contribution in [3.63, 3.8) is 0 Å². The van der Waals surface area contributed by atoms with Gasteiger partial charge in [-0.2, -0.15) is 0 Å². The van der Waals surface area contributed by atoms with Crippen molar-refractivity contribution >= 4 is 6.09 Å². The second kappa shape index (κ2) is 6.79. The highest BCUT2D eigenvalue weighted by Gasteiger charge is 2.26. The average molecular weight is 329 g/mol. The largest absolute Gasteiger partial charge is 0.450 e. The van der Waals surface area contributed by atoms with Gasteiger partial charge in [0.1, 0.15) is 5.82 Å². The second-order valence-electron chi connectivity index (χ2n) is 5.48. The lowest BCUT2D eigenvalue weighted by Gasteiger charge is -2.21. The molecule has 8 heteroatoms. The summed E-state index contributed by atoms with van der Waals surface area (Å²) < 4.78 is 6.55. The maximum Gasteiger partial charge on any atom is 0.409 e. The van der Waals surface area contributed by atoms with Gasteiger partial charge in [-0.1, -0.05) is 0 Å². The molecule has 3 rings (SSSR count). The summed E-state index contributed by atoms with van der Waals surface area (Å²) in [5, 5.41) is 0. The normalized spacial score (nSPS) is 17.1. The summed E-state index contributed by atoms with van der Waals surface area (Å²) in [7, 11) is 0. The van der Waals surface area contributed by atoms with E-state index in [9.17, 15) is 9.59 Å². The van der Waals surface area contributed by atoms with Crippen LogP contribution >= 0.6 is 0 Å². The van der Waals surface area contributed by atoms with E-state index in [2.05, 4.69) is 9.97 Å². The van der Waals surface area contributed by atoms with Crippen LogP contribution in [-0.2, 0) is 11.3 Å². The molecule has 0 saturated heterocycles. The van der Waals surface area contributed by atoms with Crippen molar-refractivity contribution in [1.29, 1.82) is 0 Å². The van der Waals surface area contributed by atoms with Crippen LogP contribution in [0, 0.1) is 0 Å². The lowest BCUT2D eigenvalue weighted by molar-refractivity contribution is 0.105. The van der Waals surface area contributed by atoms with Gasteiger partial charge in [0.15, 0.2) is 0 Å². The molecule has 1 unspecified atom stereocenters. The van der Waals surface area contributed by atoms with Crippen LogP contribution in [0.3, 0.4) is 0 Å². The van der Waals surface area contributed by atoms with Crippen molar-refractivity contribution in [3.8, 4) is 11.3 Å². The maximum atomic E-state index is 12.5. The van der Waals surface area contributed by atoms with E-state index in [-0.39, 0.29) is 12.1 Å². The molecule has 2 aromatic heterocycles. The molecule has 1 aliphatic heterocycles. The minimum Gasteiger partial charge on any atom is -0.450 e. The number of amides is 1. The molecule has 3 heterocycles. The van der Waals surface area contributed by atoms with Gasteiger partial charge in [-0.05, 0) is 19.1 Å². The minimum atomic E-state index is -0.564. The molecule has 126 valence electrons. The number of hydrogen-bond donors (Lipinski definition) is 1. The topological polar surface area (TPSA) is 103 Å². The van der Waals surface area contributed by atoms with E-state index in [0.29, 0.717) is 31.2 Å². The summed E-state index contributed by atoms with van der Waals surface area (Å²) >= 11 is 0. The third-order valence-corrected chi connectivity index (χ3v) is 3.88. The number of carbonyl (C=O) groups excluding carboxylic acids is 1. The predicted octanol–water partition coefficient (Wildman–Crippen LogP) is 0.777. The van der Waals surface area contributed by atoms with Crippen molar-refractivity contribution in [2.24, 2.45) is 5.73 Å². The summed E-state index contributed by atoms with van der Waals surface area (Å²) in [6, 6.07) is 4.48. The summed E-state index contributed by atoms with van der Waals surface area (Å²) in [4.78, 5) is 34.5. The van der Waals surface area contributed by atoms with Crippen LogP contribution in [0.4, 0.5) is 4.79 Å². The fourth-order valence-electron chi connectivity index (χ4n) is 2.71. The molecular formula is C16H19N5O3. The second-order valence-corrected chi connectivity index (χ2v) is 5.48. The van der Waals surface area contributed by atoms with Crippen molar-refractivity contribution in [2.45, 2.75) is 19.5 Å². The van der Waals surface area contributed by atoms with Gasteiger partial charge in [-0.3, -0.25) is 14.3 Å². The van der Waals surface area contributed by atoms with E-state index < -0.39 is 12.1 Å². The fourth-order valence-corrected chi connectivity index (χ4v) is 2.71. The fraction of sp³-hybridized carbons (Fsp3) is 0.375. The van der Waals surface area contributed by atoms with Crippen molar-refractivity contribution < 1.29 is 9.53 Å². The number of nitrogens with zero attached hydrogens (tertiary/aromatic N) is 4. The standard InChI is InChI=1S/C16H19N5O3/c1-2-24-16(23)20-7-8-21-14(22)9-13(11-3-5-18-6-4-11)19-15(21)12(17)10-20/h3-6,9,12H,2,7-8,10,17H2,1H3. The van der Waals surface area contributed by atoms with Crippen LogP contribution in [0.2, 0.25) is 0 Å². The molecule has 2 N–H and O–H groups in total. The molecule has 0 fully saturated rings. The summed E-state index contributed by atoms with van der Waals surface area (Å²) in [6.07, 6.45) is 2.86. The van der Waals surface area contributed by atoms with E-state index in [1.807, 2.05) is 0 Å². The molecule has 0 spiro atoms. The van der Waals surface area contributed by atoms with Crippen LogP contribution in [0.15, 0.2) is 35.4 Å². The highest BCUT2D eigenvalue weighted by atomic mass is 16.6. The van der Waals surface area contributed by atoms with Crippen LogP contribution in [0.1, 0.15) is 18.8 Å². The Morgan fingerprint density at radius 1 is 1.38 bits per heavy atom. The first-order chi connectivity index (χ1) is 11.6. The number of carbonyl (C=O) groups is 1. The number of pyridine rings is 1. The van der Waals surface area contributed by atoms with E-state index >= 15 is 0 Å². The molecule has 0 aromatic carbocycles. The molecular weight excluding hydrogens is 310 g/mol. The van der Waals surface area contributed by atoms with E-state index in [1.165, 1.54) is 15.5 Å². The van der Waals surface area contributed by atoms with Gasteiger partial charge in [0, 0.05) is 43.7 Å². The van der Waals surface area contributed by atoms with Crippen molar-refractivity contribution in [2.75, 3.05) is 19.7 Å². The Hall–Kier alpha value is -2.74. The van der Waals surface area contributed by atoms with Crippen LogP contribution in [0.5, 0.6) is 0 Å². The van der Waals surface area contributed by atoms with Gasteiger partial charge in [-0.15, -0.1) is 0 Å². The van der Waals surface area contributed by atoms with Crippen LogP contribution in [0.25, 0.3) is 11.3 Å². The molecule has 8 nitrogen and oxygen atoms in total.